The molecule has 1 unspecified atom stereocenters. The van der Waals surface area contributed by atoms with Crippen molar-refractivity contribution in [2.45, 2.75) is 19.9 Å². The van der Waals surface area contributed by atoms with Gasteiger partial charge in [-0.25, -0.2) is 8.78 Å². The minimum atomic E-state index is -0.829. The van der Waals surface area contributed by atoms with Gasteiger partial charge in [0.1, 0.15) is 0 Å². The maximum absolute atomic E-state index is 13.2. The van der Waals surface area contributed by atoms with Crippen molar-refractivity contribution in [3.8, 4) is 0 Å². The summed E-state index contributed by atoms with van der Waals surface area (Å²) in [5.74, 6) is -0.973. The number of benzene rings is 1. The summed E-state index contributed by atoms with van der Waals surface area (Å²) in [5, 5.41) is 0. The Morgan fingerprint density at radius 1 is 1.00 bits per heavy atom. The van der Waals surface area contributed by atoms with Crippen molar-refractivity contribution >= 4 is 0 Å². The Morgan fingerprint density at radius 2 is 1.57 bits per heavy atom. The second kappa shape index (κ2) is 7.29. The Morgan fingerprint density at radius 3 is 2.10 bits per heavy atom. The van der Waals surface area contributed by atoms with E-state index in [9.17, 15) is 8.78 Å². The summed E-state index contributed by atoms with van der Waals surface area (Å²) >= 11 is 0. The zero-order valence-corrected chi connectivity index (χ0v) is 12.9. The highest BCUT2D eigenvalue weighted by molar-refractivity contribution is 5.21. The molecule has 1 saturated heterocycles. The van der Waals surface area contributed by atoms with Gasteiger partial charge < -0.3 is 10.6 Å². The molecule has 1 heterocycles. The van der Waals surface area contributed by atoms with Crippen LogP contribution in [-0.2, 0) is 0 Å². The largest absolute Gasteiger partial charge is 0.323 e. The molecule has 21 heavy (non-hydrogen) atoms. The summed E-state index contributed by atoms with van der Waals surface area (Å²) in [6, 6.07) is 3.63. The van der Waals surface area contributed by atoms with Gasteiger partial charge in [-0.15, -0.1) is 0 Å². The molecule has 0 aliphatic carbocycles. The number of hydrogen-bond donors (Lipinski definition) is 1. The second-order valence-electron chi connectivity index (χ2n) is 6.28. The summed E-state index contributed by atoms with van der Waals surface area (Å²) in [5.41, 5.74) is 6.77. The first kappa shape index (κ1) is 16.3. The van der Waals surface area contributed by atoms with E-state index in [4.69, 9.17) is 5.73 Å². The fourth-order valence-corrected chi connectivity index (χ4v) is 2.80. The molecule has 0 amide bonds. The van der Waals surface area contributed by atoms with Crippen LogP contribution in [0.3, 0.4) is 0 Å². The van der Waals surface area contributed by atoms with Gasteiger partial charge in [-0.05, 0) is 23.6 Å². The van der Waals surface area contributed by atoms with Gasteiger partial charge in [-0.1, -0.05) is 19.9 Å². The fourth-order valence-electron chi connectivity index (χ4n) is 2.80. The molecule has 0 radical (unpaired) electrons. The first-order valence-electron chi connectivity index (χ1n) is 7.61. The number of rotatable bonds is 5. The summed E-state index contributed by atoms with van der Waals surface area (Å²) in [7, 11) is 0. The van der Waals surface area contributed by atoms with Crippen molar-refractivity contribution in [1.29, 1.82) is 0 Å². The summed E-state index contributed by atoms with van der Waals surface area (Å²) in [6.07, 6.45) is 0. The van der Waals surface area contributed by atoms with Gasteiger partial charge in [0.15, 0.2) is 11.6 Å². The molecule has 1 fully saturated rings. The van der Waals surface area contributed by atoms with Crippen LogP contribution in [0.1, 0.15) is 25.5 Å². The molecule has 1 aliphatic heterocycles. The lowest BCUT2D eigenvalue weighted by Gasteiger charge is -2.36. The number of nitrogens with zero attached hydrogens (tertiary/aromatic N) is 2. The van der Waals surface area contributed by atoms with Crippen molar-refractivity contribution in [3.05, 3.63) is 35.4 Å². The molecule has 2 rings (SSSR count). The van der Waals surface area contributed by atoms with E-state index in [-0.39, 0.29) is 6.04 Å². The van der Waals surface area contributed by atoms with E-state index in [0.29, 0.717) is 18.0 Å². The number of halogens is 2. The van der Waals surface area contributed by atoms with E-state index in [2.05, 4.69) is 23.6 Å². The Kier molecular flexibility index (Phi) is 5.67. The van der Waals surface area contributed by atoms with Crippen LogP contribution in [0.4, 0.5) is 8.78 Å². The lowest BCUT2D eigenvalue weighted by Crippen LogP contribution is -2.49. The van der Waals surface area contributed by atoms with E-state index in [1.54, 1.807) is 6.07 Å². The third kappa shape index (κ3) is 4.73. The average Bonchev–Trinajstić information content (AvgIpc) is 2.43. The van der Waals surface area contributed by atoms with Gasteiger partial charge in [0.25, 0.3) is 0 Å². The predicted octanol–water partition coefficient (Wildman–Crippen LogP) is 2.24. The monoisotopic (exact) mass is 297 g/mol. The van der Waals surface area contributed by atoms with Crippen molar-refractivity contribution in [3.63, 3.8) is 0 Å². The van der Waals surface area contributed by atoms with Crippen LogP contribution in [0.5, 0.6) is 0 Å². The van der Waals surface area contributed by atoms with Crippen LogP contribution in [0.15, 0.2) is 18.2 Å². The molecule has 0 spiro atoms. The molecule has 1 aromatic rings. The molecular weight excluding hydrogens is 272 g/mol. The van der Waals surface area contributed by atoms with Crippen LogP contribution in [0.2, 0.25) is 0 Å². The third-order valence-electron chi connectivity index (χ3n) is 3.91. The Labute approximate surface area is 125 Å². The van der Waals surface area contributed by atoms with Gasteiger partial charge in [-0.3, -0.25) is 4.90 Å². The van der Waals surface area contributed by atoms with E-state index in [0.717, 1.165) is 38.8 Å². The Balaban J connectivity index is 1.84. The molecule has 5 heteroatoms. The standard InChI is InChI=1S/C16H25F2N3/c1-12(2)10-20-5-7-21(8-6-20)11-16(19)13-3-4-14(17)15(18)9-13/h3-4,9,12,16H,5-8,10-11,19H2,1-2H3. The lowest BCUT2D eigenvalue weighted by atomic mass is 10.1. The van der Waals surface area contributed by atoms with E-state index >= 15 is 0 Å². The highest BCUT2D eigenvalue weighted by atomic mass is 19.2. The SMILES string of the molecule is CC(C)CN1CCN(CC(N)c2ccc(F)c(F)c2)CC1. The second-order valence-corrected chi connectivity index (χ2v) is 6.28. The van der Waals surface area contributed by atoms with Crippen molar-refractivity contribution in [1.82, 2.24) is 9.80 Å². The van der Waals surface area contributed by atoms with Gasteiger partial charge in [0.05, 0.1) is 0 Å². The normalized spacial score (nSPS) is 19.1. The van der Waals surface area contributed by atoms with Crippen molar-refractivity contribution in [2.75, 3.05) is 39.3 Å². The number of nitrogens with two attached hydrogens (primary N) is 1. The summed E-state index contributed by atoms with van der Waals surface area (Å²) < 4.78 is 26.2. The Hall–Kier alpha value is -1.04. The first-order chi connectivity index (χ1) is 9.95. The highest BCUT2D eigenvalue weighted by Crippen LogP contribution is 2.16. The van der Waals surface area contributed by atoms with Gasteiger partial charge in [0, 0.05) is 45.3 Å². The lowest BCUT2D eigenvalue weighted by molar-refractivity contribution is 0.117. The quantitative estimate of drug-likeness (QED) is 0.904. The molecule has 3 nitrogen and oxygen atoms in total. The molecule has 118 valence electrons. The van der Waals surface area contributed by atoms with Crippen LogP contribution in [-0.4, -0.2) is 49.1 Å². The fraction of sp³-hybridized carbons (Fsp3) is 0.625. The number of piperazine rings is 1. The summed E-state index contributed by atoms with van der Waals surface area (Å²) in [4.78, 5) is 4.76. The van der Waals surface area contributed by atoms with Crippen molar-refractivity contribution in [2.24, 2.45) is 11.7 Å². The molecule has 2 N–H and O–H groups in total. The van der Waals surface area contributed by atoms with Crippen LogP contribution in [0.25, 0.3) is 0 Å². The van der Waals surface area contributed by atoms with E-state index < -0.39 is 11.6 Å². The Bertz CT molecular complexity index is 457. The summed E-state index contributed by atoms with van der Waals surface area (Å²) in [6.45, 7) is 10.3. The third-order valence-corrected chi connectivity index (χ3v) is 3.91. The smallest absolute Gasteiger partial charge is 0.159 e. The minimum absolute atomic E-state index is 0.281. The maximum Gasteiger partial charge on any atom is 0.159 e. The molecule has 0 bridgehead atoms. The van der Waals surface area contributed by atoms with Crippen LogP contribution in [0, 0.1) is 17.6 Å². The average molecular weight is 297 g/mol. The highest BCUT2D eigenvalue weighted by Gasteiger charge is 2.20. The zero-order chi connectivity index (χ0) is 15.4. The topological polar surface area (TPSA) is 32.5 Å². The van der Waals surface area contributed by atoms with Crippen LogP contribution >= 0.6 is 0 Å². The molecular formula is C16H25F2N3. The molecule has 1 aromatic carbocycles. The molecule has 1 atom stereocenters. The molecule has 0 saturated carbocycles. The minimum Gasteiger partial charge on any atom is -0.323 e. The van der Waals surface area contributed by atoms with Gasteiger partial charge in [0.2, 0.25) is 0 Å². The van der Waals surface area contributed by atoms with Gasteiger partial charge in [-0.2, -0.15) is 0 Å². The first-order valence-corrected chi connectivity index (χ1v) is 7.61. The van der Waals surface area contributed by atoms with E-state index in [1.807, 2.05) is 0 Å². The van der Waals surface area contributed by atoms with Crippen molar-refractivity contribution < 1.29 is 8.78 Å². The van der Waals surface area contributed by atoms with Gasteiger partial charge >= 0.3 is 0 Å². The zero-order valence-electron chi connectivity index (χ0n) is 12.9. The van der Waals surface area contributed by atoms with Crippen LogP contribution < -0.4 is 5.73 Å². The predicted molar refractivity (Wildman–Crippen MR) is 81.0 cm³/mol. The molecule has 0 aromatic heterocycles. The maximum atomic E-state index is 13.2. The number of hydrogen-bond acceptors (Lipinski definition) is 3. The molecule has 1 aliphatic rings. The van der Waals surface area contributed by atoms with E-state index in [1.165, 1.54) is 6.07 Å².